The van der Waals surface area contributed by atoms with Gasteiger partial charge in [0, 0.05) is 30.9 Å². The van der Waals surface area contributed by atoms with Crippen molar-refractivity contribution in [3.8, 4) is 11.5 Å². The van der Waals surface area contributed by atoms with Gasteiger partial charge in [-0.2, -0.15) is 0 Å². The highest BCUT2D eigenvalue weighted by atomic mass is 16.5. The fourth-order valence-electron chi connectivity index (χ4n) is 1.86. The summed E-state index contributed by atoms with van der Waals surface area (Å²) in [5.41, 5.74) is 6.88. The minimum Gasteiger partial charge on any atom is -0.493 e. The Morgan fingerprint density at radius 1 is 1.29 bits per heavy atom. The number of pyridine rings is 1. The van der Waals surface area contributed by atoms with E-state index in [2.05, 4.69) is 4.98 Å². The van der Waals surface area contributed by atoms with Gasteiger partial charge in [-0.25, -0.2) is 4.79 Å². The van der Waals surface area contributed by atoms with Crippen LogP contribution in [0.25, 0.3) is 0 Å². The molecule has 0 fully saturated rings. The Morgan fingerprint density at radius 2 is 2.00 bits per heavy atom. The number of nitrogens with two attached hydrogens (primary N) is 1. The number of methoxy groups -OCH3 is 1. The molecule has 6 heteroatoms. The Morgan fingerprint density at radius 3 is 2.62 bits per heavy atom. The number of benzene rings is 1. The Labute approximate surface area is 122 Å². The molecule has 0 aliphatic heterocycles. The van der Waals surface area contributed by atoms with E-state index in [0.717, 1.165) is 5.56 Å². The first-order valence-electron chi connectivity index (χ1n) is 6.34. The van der Waals surface area contributed by atoms with Crippen molar-refractivity contribution in [3.63, 3.8) is 0 Å². The van der Waals surface area contributed by atoms with E-state index in [-0.39, 0.29) is 11.3 Å². The zero-order valence-electron chi connectivity index (χ0n) is 11.6. The minimum absolute atomic E-state index is 0.00490. The Hall–Kier alpha value is -2.76. The highest BCUT2D eigenvalue weighted by Gasteiger charge is 2.14. The average molecular weight is 288 g/mol. The molecule has 0 aliphatic rings. The van der Waals surface area contributed by atoms with Gasteiger partial charge in [0.15, 0.2) is 11.5 Å². The third-order valence-electron chi connectivity index (χ3n) is 2.96. The van der Waals surface area contributed by atoms with Gasteiger partial charge in [-0.05, 0) is 17.7 Å². The van der Waals surface area contributed by atoms with Crippen LogP contribution in [0.2, 0.25) is 0 Å². The summed E-state index contributed by atoms with van der Waals surface area (Å²) < 4.78 is 10.8. The summed E-state index contributed by atoms with van der Waals surface area (Å²) in [6, 6.07) is 6.62. The second-order valence-electron chi connectivity index (χ2n) is 4.35. The summed E-state index contributed by atoms with van der Waals surface area (Å²) >= 11 is 0. The van der Waals surface area contributed by atoms with E-state index in [1.54, 1.807) is 12.4 Å². The number of rotatable bonds is 6. The largest absolute Gasteiger partial charge is 0.493 e. The molecule has 1 aromatic heterocycles. The van der Waals surface area contributed by atoms with Gasteiger partial charge in [-0.15, -0.1) is 0 Å². The van der Waals surface area contributed by atoms with E-state index in [1.165, 1.54) is 19.2 Å². The Kier molecular flexibility index (Phi) is 4.61. The van der Waals surface area contributed by atoms with Crippen LogP contribution in [0.1, 0.15) is 15.9 Å². The van der Waals surface area contributed by atoms with Crippen molar-refractivity contribution in [3.05, 3.63) is 47.8 Å². The molecule has 0 saturated carbocycles. The molecule has 2 rings (SSSR count). The minimum atomic E-state index is -1.10. The molecule has 0 aliphatic carbocycles. The number of aromatic carboxylic acids is 1. The fraction of sp³-hybridized carbons (Fsp3) is 0.200. The summed E-state index contributed by atoms with van der Waals surface area (Å²) in [6.45, 7) is 0.392. The molecule has 0 saturated heterocycles. The van der Waals surface area contributed by atoms with E-state index in [9.17, 15) is 4.79 Å². The molecule has 0 atom stereocenters. The van der Waals surface area contributed by atoms with Crippen LogP contribution in [0, 0.1) is 0 Å². The molecule has 110 valence electrons. The van der Waals surface area contributed by atoms with E-state index in [0.29, 0.717) is 24.5 Å². The average Bonchev–Trinajstić information content (AvgIpc) is 2.49. The van der Waals surface area contributed by atoms with Crippen LogP contribution in [0.5, 0.6) is 11.5 Å². The third kappa shape index (κ3) is 3.62. The molecule has 0 bridgehead atoms. The fourth-order valence-corrected chi connectivity index (χ4v) is 1.86. The number of nitrogens with zero attached hydrogens (tertiary/aromatic N) is 1. The highest BCUT2D eigenvalue weighted by molar-refractivity contribution is 5.94. The predicted octanol–water partition coefficient (Wildman–Crippen LogP) is 1.99. The van der Waals surface area contributed by atoms with Crippen molar-refractivity contribution in [2.45, 2.75) is 6.42 Å². The lowest BCUT2D eigenvalue weighted by atomic mass is 10.1. The zero-order chi connectivity index (χ0) is 15.2. The molecule has 0 spiro atoms. The lowest BCUT2D eigenvalue weighted by Gasteiger charge is -2.13. The first kappa shape index (κ1) is 14.6. The van der Waals surface area contributed by atoms with E-state index < -0.39 is 5.97 Å². The molecule has 0 amide bonds. The molecule has 0 radical (unpaired) electrons. The van der Waals surface area contributed by atoms with Gasteiger partial charge >= 0.3 is 5.97 Å². The van der Waals surface area contributed by atoms with E-state index in [4.69, 9.17) is 20.3 Å². The van der Waals surface area contributed by atoms with Crippen LogP contribution in [-0.2, 0) is 6.42 Å². The molecular weight excluding hydrogens is 272 g/mol. The summed E-state index contributed by atoms with van der Waals surface area (Å²) in [5, 5.41) is 9.07. The molecular formula is C15H16N2O4. The maximum atomic E-state index is 11.1. The molecule has 3 N–H and O–H groups in total. The first-order chi connectivity index (χ1) is 10.1. The van der Waals surface area contributed by atoms with Gasteiger partial charge in [0.1, 0.15) is 0 Å². The molecule has 21 heavy (non-hydrogen) atoms. The number of ether oxygens (including phenoxy) is 2. The normalized spacial score (nSPS) is 10.1. The van der Waals surface area contributed by atoms with Crippen molar-refractivity contribution in [2.75, 3.05) is 19.5 Å². The number of nitrogen functional groups attached to an aromatic ring is 1. The highest BCUT2D eigenvalue weighted by Crippen LogP contribution is 2.32. The van der Waals surface area contributed by atoms with Gasteiger partial charge in [-0.1, -0.05) is 0 Å². The summed E-state index contributed by atoms with van der Waals surface area (Å²) in [5.74, 6) is -0.334. The summed E-state index contributed by atoms with van der Waals surface area (Å²) in [4.78, 5) is 15.0. The molecule has 1 aromatic carbocycles. The topological polar surface area (TPSA) is 94.7 Å². The van der Waals surface area contributed by atoms with Gasteiger partial charge in [0.05, 0.1) is 25.0 Å². The number of carboxylic acids is 1. The number of aromatic nitrogens is 1. The van der Waals surface area contributed by atoms with Crippen LogP contribution in [0.3, 0.4) is 0 Å². The Balaban J connectivity index is 2.11. The number of anilines is 1. The quantitative estimate of drug-likeness (QED) is 0.789. The second-order valence-corrected chi connectivity index (χ2v) is 4.35. The summed E-state index contributed by atoms with van der Waals surface area (Å²) in [7, 11) is 1.48. The number of hydrogen-bond donors (Lipinski definition) is 2. The SMILES string of the molecule is COc1cc(N)c(C(=O)O)cc1OCCc1ccncc1. The van der Waals surface area contributed by atoms with Gasteiger partial charge in [-0.3, -0.25) is 4.98 Å². The molecule has 0 unspecified atom stereocenters. The lowest BCUT2D eigenvalue weighted by molar-refractivity contribution is 0.0697. The number of carboxylic acid groups (broad SMARTS) is 1. The van der Waals surface area contributed by atoms with Crippen LogP contribution in [0.15, 0.2) is 36.7 Å². The van der Waals surface area contributed by atoms with Gasteiger partial charge < -0.3 is 20.3 Å². The maximum absolute atomic E-state index is 11.1. The predicted molar refractivity (Wildman–Crippen MR) is 77.8 cm³/mol. The van der Waals surface area contributed by atoms with Crippen LogP contribution >= 0.6 is 0 Å². The van der Waals surface area contributed by atoms with E-state index in [1.807, 2.05) is 12.1 Å². The van der Waals surface area contributed by atoms with Gasteiger partial charge in [0.2, 0.25) is 0 Å². The summed E-state index contributed by atoms with van der Waals surface area (Å²) in [6.07, 6.45) is 4.10. The van der Waals surface area contributed by atoms with Crippen LogP contribution in [0.4, 0.5) is 5.69 Å². The van der Waals surface area contributed by atoms with Crippen molar-refractivity contribution in [1.29, 1.82) is 0 Å². The second kappa shape index (κ2) is 6.60. The van der Waals surface area contributed by atoms with Crippen molar-refractivity contribution in [1.82, 2.24) is 4.98 Å². The lowest BCUT2D eigenvalue weighted by Crippen LogP contribution is -2.07. The number of carbonyl (C=O) groups is 1. The van der Waals surface area contributed by atoms with Crippen LogP contribution in [-0.4, -0.2) is 29.8 Å². The molecule has 2 aromatic rings. The van der Waals surface area contributed by atoms with Gasteiger partial charge in [0.25, 0.3) is 0 Å². The van der Waals surface area contributed by atoms with Crippen molar-refractivity contribution >= 4 is 11.7 Å². The smallest absolute Gasteiger partial charge is 0.337 e. The maximum Gasteiger partial charge on any atom is 0.337 e. The Bertz CT molecular complexity index is 629. The van der Waals surface area contributed by atoms with Crippen LogP contribution < -0.4 is 15.2 Å². The molecule has 1 heterocycles. The van der Waals surface area contributed by atoms with Crippen molar-refractivity contribution in [2.24, 2.45) is 0 Å². The third-order valence-corrected chi connectivity index (χ3v) is 2.96. The monoisotopic (exact) mass is 288 g/mol. The molecule has 6 nitrogen and oxygen atoms in total. The standard InChI is InChI=1S/C15H16N2O4/c1-20-13-9-12(16)11(15(18)19)8-14(13)21-7-4-10-2-5-17-6-3-10/h2-3,5-6,8-9H,4,7,16H2,1H3,(H,18,19). The zero-order valence-corrected chi connectivity index (χ0v) is 11.6. The first-order valence-corrected chi connectivity index (χ1v) is 6.34. The number of hydrogen-bond acceptors (Lipinski definition) is 5. The van der Waals surface area contributed by atoms with Crippen molar-refractivity contribution < 1.29 is 19.4 Å². The van der Waals surface area contributed by atoms with E-state index >= 15 is 0 Å².